The number of phenols is 1. The van der Waals surface area contributed by atoms with Crippen LogP contribution < -0.4 is 0 Å². The Labute approximate surface area is 74.1 Å². The van der Waals surface area contributed by atoms with E-state index in [2.05, 4.69) is 13.0 Å². The molecular weight excluding hydrogens is 148 g/mol. The van der Waals surface area contributed by atoms with Crippen LogP contribution in [0.5, 0.6) is 5.75 Å². The van der Waals surface area contributed by atoms with Crippen molar-refractivity contribution >= 4 is 0 Å². The van der Waals surface area contributed by atoms with E-state index in [4.69, 9.17) is 0 Å². The van der Waals surface area contributed by atoms with Gasteiger partial charge in [0.2, 0.25) is 0 Å². The van der Waals surface area contributed by atoms with Crippen molar-refractivity contribution in [2.75, 3.05) is 0 Å². The number of hydrogen-bond acceptors (Lipinski definition) is 1. The lowest BCUT2D eigenvalue weighted by Crippen LogP contribution is -1.85. The van der Waals surface area contributed by atoms with Gasteiger partial charge in [-0.15, -0.1) is 0 Å². The first-order valence-electron chi connectivity index (χ1n) is 4.52. The molecule has 1 aromatic rings. The van der Waals surface area contributed by atoms with Gasteiger partial charge in [-0.2, -0.15) is 0 Å². The Bertz CT molecular complexity index is 253. The Balaban J connectivity index is 2.69. The van der Waals surface area contributed by atoms with Crippen molar-refractivity contribution in [1.29, 1.82) is 0 Å². The SMILES string of the molecule is CCCCc1ccc(O)c(C)c1. The second-order valence-electron chi connectivity index (χ2n) is 3.22. The van der Waals surface area contributed by atoms with Gasteiger partial charge in [-0.05, 0) is 37.0 Å². The third kappa shape index (κ3) is 2.26. The van der Waals surface area contributed by atoms with E-state index in [1.54, 1.807) is 6.07 Å². The summed E-state index contributed by atoms with van der Waals surface area (Å²) in [5.74, 6) is 0.398. The maximum atomic E-state index is 9.27. The molecule has 0 aliphatic carbocycles. The van der Waals surface area contributed by atoms with Gasteiger partial charge in [0.15, 0.2) is 0 Å². The van der Waals surface area contributed by atoms with Crippen molar-refractivity contribution in [2.45, 2.75) is 33.1 Å². The minimum absolute atomic E-state index is 0.398. The summed E-state index contributed by atoms with van der Waals surface area (Å²) in [5.41, 5.74) is 2.30. The fraction of sp³-hybridized carbons (Fsp3) is 0.455. The first kappa shape index (κ1) is 9.11. The van der Waals surface area contributed by atoms with Gasteiger partial charge in [0.25, 0.3) is 0 Å². The number of benzene rings is 1. The van der Waals surface area contributed by atoms with Gasteiger partial charge in [-0.3, -0.25) is 0 Å². The largest absolute Gasteiger partial charge is 0.508 e. The Morgan fingerprint density at radius 2 is 2.08 bits per heavy atom. The minimum atomic E-state index is 0.398. The molecule has 66 valence electrons. The van der Waals surface area contributed by atoms with Crippen molar-refractivity contribution in [3.05, 3.63) is 29.3 Å². The summed E-state index contributed by atoms with van der Waals surface area (Å²) in [5, 5.41) is 9.27. The summed E-state index contributed by atoms with van der Waals surface area (Å²) < 4.78 is 0. The quantitative estimate of drug-likeness (QED) is 0.728. The van der Waals surface area contributed by atoms with Gasteiger partial charge in [0, 0.05) is 0 Å². The van der Waals surface area contributed by atoms with Crippen LogP contribution in [-0.4, -0.2) is 5.11 Å². The molecule has 0 saturated heterocycles. The lowest BCUT2D eigenvalue weighted by molar-refractivity contribution is 0.471. The highest BCUT2D eigenvalue weighted by molar-refractivity contribution is 5.34. The molecule has 0 fully saturated rings. The Morgan fingerprint density at radius 3 is 2.67 bits per heavy atom. The molecule has 1 heteroatoms. The second kappa shape index (κ2) is 4.15. The molecule has 0 radical (unpaired) electrons. The number of aryl methyl sites for hydroxylation is 2. The molecule has 0 atom stereocenters. The maximum Gasteiger partial charge on any atom is 0.118 e. The fourth-order valence-electron chi connectivity index (χ4n) is 1.25. The summed E-state index contributed by atoms with van der Waals surface area (Å²) >= 11 is 0. The van der Waals surface area contributed by atoms with Crippen LogP contribution in [0.4, 0.5) is 0 Å². The summed E-state index contributed by atoms with van der Waals surface area (Å²) in [6.45, 7) is 4.12. The predicted molar refractivity (Wildman–Crippen MR) is 51.5 cm³/mol. The third-order valence-corrected chi connectivity index (χ3v) is 2.08. The molecule has 0 unspecified atom stereocenters. The average molecular weight is 164 g/mol. The molecule has 0 amide bonds. The monoisotopic (exact) mass is 164 g/mol. The lowest BCUT2D eigenvalue weighted by atomic mass is 10.1. The number of aromatic hydroxyl groups is 1. The first-order valence-corrected chi connectivity index (χ1v) is 4.52. The number of rotatable bonds is 3. The van der Waals surface area contributed by atoms with Crippen molar-refractivity contribution in [3.8, 4) is 5.75 Å². The van der Waals surface area contributed by atoms with Crippen LogP contribution in [0.15, 0.2) is 18.2 Å². The molecule has 12 heavy (non-hydrogen) atoms. The summed E-state index contributed by atoms with van der Waals surface area (Å²) in [6, 6.07) is 5.84. The van der Waals surface area contributed by atoms with E-state index < -0.39 is 0 Å². The van der Waals surface area contributed by atoms with Gasteiger partial charge in [0.05, 0.1) is 0 Å². The van der Waals surface area contributed by atoms with Crippen LogP contribution >= 0.6 is 0 Å². The summed E-state index contributed by atoms with van der Waals surface area (Å²) in [4.78, 5) is 0. The highest BCUT2D eigenvalue weighted by atomic mass is 16.3. The zero-order valence-corrected chi connectivity index (χ0v) is 7.80. The molecular formula is C11H16O. The molecule has 0 aliphatic rings. The molecule has 0 aliphatic heterocycles. The number of unbranched alkanes of at least 4 members (excludes halogenated alkanes) is 1. The highest BCUT2D eigenvalue weighted by Gasteiger charge is 1.96. The topological polar surface area (TPSA) is 20.2 Å². The van der Waals surface area contributed by atoms with E-state index in [0.29, 0.717) is 5.75 Å². The normalized spacial score (nSPS) is 10.2. The van der Waals surface area contributed by atoms with Crippen molar-refractivity contribution in [2.24, 2.45) is 0 Å². The zero-order valence-electron chi connectivity index (χ0n) is 7.80. The van der Waals surface area contributed by atoms with Crippen LogP contribution in [-0.2, 0) is 6.42 Å². The molecule has 0 bridgehead atoms. The minimum Gasteiger partial charge on any atom is -0.508 e. The molecule has 0 spiro atoms. The Kier molecular flexibility index (Phi) is 3.15. The predicted octanol–water partition coefficient (Wildman–Crippen LogP) is 3.04. The zero-order chi connectivity index (χ0) is 8.97. The molecule has 1 rings (SSSR count). The van der Waals surface area contributed by atoms with Crippen LogP contribution in [0.2, 0.25) is 0 Å². The Hall–Kier alpha value is -0.980. The van der Waals surface area contributed by atoms with Gasteiger partial charge in [-0.1, -0.05) is 25.5 Å². The fourth-order valence-corrected chi connectivity index (χ4v) is 1.25. The second-order valence-corrected chi connectivity index (χ2v) is 3.22. The smallest absolute Gasteiger partial charge is 0.118 e. The maximum absolute atomic E-state index is 9.27. The van der Waals surface area contributed by atoms with Crippen molar-refractivity contribution < 1.29 is 5.11 Å². The third-order valence-electron chi connectivity index (χ3n) is 2.08. The molecule has 0 heterocycles. The number of hydrogen-bond donors (Lipinski definition) is 1. The van der Waals surface area contributed by atoms with Crippen LogP contribution in [0.25, 0.3) is 0 Å². The van der Waals surface area contributed by atoms with Gasteiger partial charge in [-0.25, -0.2) is 0 Å². The van der Waals surface area contributed by atoms with Crippen molar-refractivity contribution in [3.63, 3.8) is 0 Å². The van der Waals surface area contributed by atoms with Crippen LogP contribution in [0.3, 0.4) is 0 Å². The Morgan fingerprint density at radius 1 is 1.33 bits per heavy atom. The summed E-state index contributed by atoms with van der Waals surface area (Å²) in [6.07, 6.45) is 3.57. The van der Waals surface area contributed by atoms with E-state index in [1.165, 1.54) is 18.4 Å². The first-order chi connectivity index (χ1) is 5.74. The van der Waals surface area contributed by atoms with Gasteiger partial charge >= 0.3 is 0 Å². The van der Waals surface area contributed by atoms with Gasteiger partial charge in [0.1, 0.15) is 5.75 Å². The molecule has 0 saturated carbocycles. The van der Waals surface area contributed by atoms with E-state index in [1.807, 2.05) is 13.0 Å². The average Bonchev–Trinajstić information content (AvgIpc) is 2.07. The van der Waals surface area contributed by atoms with Crippen LogP contribution in [0.1, 0.15) is 30.9 Å². The lowest BCUT2D eigenvalue weighted by Gasteiger charge is -2.02. The van der Waals surface area contributed by atoms with E-state index >= 15 is 0 Å². The van der Waals surface area contributed by atoms with E-state index in [0.717, 1.165) is 12.0 Å². The molecule has 1 nitrogen and oxygen atoms in total. The standard InChI is InChI=1S/C11H16O/c1-3-4-5-10-6-7-11(12)9(2)8-10/h6-8,12H,3-5H2,1-2H3. The van der Waals surface area contributed by atoms with Crippen LogP contribution in [0, 0.1) is 6.92 Å². The molecule has 0 aromatic heterocycles. The number of phenolic OH excluding ortho intramolecular Hbond substituents is 1. The van der Waals surface area contributed by atoms with E-state index in [9.17, 15) is 5.11 Å². The molecule has 1 aromatic carbocycles. The van der Waals surface area contributed by atoms with Crippen molar-refractivity contribution in [1.82, 2.24) is 0 Å². The van der Waals surface area contributed by atoms with Gasteiger partial charge < -0.3 is 5.11 Å². The molecule has 1 N–H and O–H groups in total. The van der Waals surface area contributed by atoms with E-state index in [-0.39, 0.29) is 0 Å². The highest BCUT2D eigenvalue weighted by Crippen LogP contribution is 2.17. The summed E-state index contributed by atoms with van der Waals surface area (Å²) in [7, 11) is 0.